The number of aromatic nitrogens is 3. The van der Waals surface area contributed by atoms with Crippen molar-refractivity contribution in [3.63, 3.8) is 0 Å². The van der Waals surface area contributed by atoms with E-state index in [9.17, 15) is 13.2 Å². The molecule has 8 heteroatoms. The first-order valence-corrected chi connectivity index (χ1v) is 3.76. The molecule has 0 fully saturated rings. The van der Waals surface area contributed by atoms with Gasteiger partial charge in [-0.2, -0.15) is 18.3 Å². The number of alkyl halides is 3. The van der Waals surface area contributed by atoms with Gasteiger partial charge in [-0.25, -0.2) is 4.98 Å². The molecule has 0 spiro atoms. The largest absolute Gasteiger partial charge is 0.411 e. The smallest absolute Gasteiger partial charge is 0.364 e. The van der Waals surface area contributed by atoms with Crippen molar-refractivity contribution in [3.8, 4) is 0 Å². The van der Waals surface area contributed by atoms with Crippen LogP contribution in [-0.2, 0) is 17.9 Å². The van der Waals surface area contributed by atoms with Crippen molar-refractivity contribution in [2.75, 3.05) is 6.61 Å². The van der Waals surface area contributed by atoms with Gasteiger partial charge in [-0.1, -0.05) is 0 Å². The molecule has 1 aromatic heterocycles. The second-order valence-electron chi connectivity index (χ2n) is 2.51. The highest BCUT2D eigenvalue weighted by Crippen LogP contribution is 2.14. The molecule has 14 heavy (non-hydrogen) atoms. The molecule has 0 amide bonds. The van der Waals surface area contributed by atoms with Crippen LogP contribution in [0.1, 0.15) is 11.6 Å². The van der Waals surface area contributed by atoms with E-state index in [1.165, 1.54) is 0 Å². The van der Waals surface area contributed by atoms with Crippen LogP contribution >= 0.6 is 0 Å². The van der Waals surface area contributed by atoms with E-state index in [0.29, 0.717) is 5.82 Å². The maximum absolute atomic E-state index is 11.6. The Bertz CT molecular complexity index is 285. The fraction of sp³-hybridized carbons (Fsp3) is 0.667. The van der Waals surface area contributed by atoms with Gasteiger partial charge in [-0.3, -0.25) is 5.10 Å². The summed E-state index contributed by atoms with van der Waals surface area (Å²) in [6.07, 6.45) is -4.32. The monoisotopic (exact) mass is 210 g/mol. The average Bonchev–Trinajstić information content (AvgIpc) is 2.50. The number of hydrogen-bond acceptors (Lipinski definition) is 4. The third-order valence-corrected chi connectivity index (χ3v) is 1.27. The number of nitrogens with zero attached hydrogens (tertiary/aromatic N) is 2. The van der Waals surface area contributed by atoms with Gasteiger partial charge in [0.15, 0.2) is 11.6 Å². The molecule has 0 atom stereocenters. The molecule has 0 saturated heterocycles. The zero-order valence-corrected chi connectivity index (χ0v) is 7.14. The van der Waals surface area contributed by atoms with Crippen molar-refractivity contribution < 1.29 is 17.9 Å². The standard InChI is InChI=1S/C6H9F3N4O/c7-6(8,9)3-14-2-5-11-4(1-10)12-13-5/h1-3,10H2,(H,11,12,13). The van der Waals surface area contributed by atoms with Crippen molar-refractivity contribution in [1.29, 1.82) is 0 Å². The molecule has 0 aliphatic heterocycles. The summed E-state index contributed by atoms with van der Waals surface area (Å²) in [5.74, 6) is 0.574. The average molecular weight is 210 g/mol. The maximum atomic E-state index is 11.6. The topological polar surface area (TPSA) is 76.8 Å². The molecule has 0 unspecified atom stereocenters. The molecular weight excluding hydrogens is 201 g/mol. The molecule has 0 aliphatic carbocycles. The predicted molar refractivity (Wildman–Crippen MR) is 40.0 cm³/mol. The molecule has 0 radical (unpaired) electrons. The van der Waals surface area contributed by atoms with Gasteiger partial charge in [0.25, 0.3) is 0 Å². The fourth-order valence-corrected chi connectivity index (χ4v) is 0.754. The van der Waals surface area contributed by atoms with Gasteiger partial charge < -0.3 is 10.5 Å². The number of hydrogen-bond donors (Lipinski definition) is 2. The quantitative estimate of drug-likeness (QED) is 0.751. The lowest BCUT2D eigenvalue weighted by Gasteiger charge is -2.05. The van der Waals surface area contributed by atoms with E-state index in [1.807, 2.05) is 0 Å². The van der Waals surface area contributed by atoms with E-state index < -0.39 is 12.8 Å². The van der Waals surface area contributed by atoms with Gasteiger partial charge in [0.05, 0.1) is 6.54 Å². The van der Waals surface area contributed by atoms with Crippen LogP contribution in [0.5, 0.6) is 0 Å². The summed E-state index contributed by atoms with van der Waals surface area (Å²) in [6.45, 7) is -1.42. The molecular formula is C6H9F3N4O. The molecule has 0 saturated carbocycles. The summed E-state index contributed by atoms with van der Waals surface area (Å²) in [4.78, 5) is 3.76. The summed E-state index contributed by atoms with van der Waals surface area (Å²) in [5, 5.41) is 6.04. The minimum absolute atomic E-state index is 0.135. The van der Waals surface area contributed by atoms with E-state index in [4.69, 9.17) is 5.73 Å². The van der Waals surface area contributed by atoms with E-state index in [2.05, 4.69) is 19.9 Å². The van der Waals surface area contributed by atoms with Crippen LogP contribution in [0.3, 0.4) is 0 Å². The van der Waals surface area contributed by atoms with Gasteiger partial charge in [0.2, 0.25) is 0 Å². The van der Waals surface area contributed by atoms with Gasteiger partial charge in [-0.05, 0) is 0 Å². The van der Waals surface area contributed by atoms with E-state index in [1.54, 1.807) is 0 Å². The maximum Gasteiger partial charge on any atom is 0.411 e. The zero-order valence-electron chi connectivity index (χ0n) is 7.14. The molecule has 80 valence electrons. The highest BCUT2D eigenvalue weighted by atomic mass is 19.4. The van der Waals surface area contributed by atoms with Gasteiger partial charge >= 0.3 is 6.18 Å². The molecule has 0 bridgehead atoms. The first-order chi connectivity index (χ1) is 6.51. The number of rotatable bonds is 4. The molecule has 3 N–H and O–H groups in total. The second-order valence-corrected chi connectivity index (χ2v) is 2.51. The minimum Gasteiger partial charge on any atom is -0.364 e. The Kier molecular flexibility index (Phi) is 3.42. The van der Waals surface area contributed by atoms with Crippen molar-refractivity contribution in [2.24, 2.45) is 5.73 Å². The number of nitrogens with two attached hydrogens (primary N) is 1. The fourth-order valence-electron chi connectivity index (χ4n) is 0.754. The first-order valence-electron chi connectivity index (χ1n) is 3.76. The minimum atomic E-state index is -4.32. The third kappa shape index (κ3) is 3.71. The summed E-state index contributed by atoms with van der Waals surface area (Å²) < 4.78 is 39.3. The Morgan fingerprint density at radius 1 is 1.43 bits per heavy atom. The number of ether oxygens (including phenoxy) is 1. The number of H-pyrrole nitrogens is 1. The van der Waals surface area contributed by atoms with Gasteiger partial charge in [0, 0.05) is 0 Å². The number of halogens is 3. The van der Waals surface area contributed by atoms with Crippen LogP contribution in [0, 0.1) is 0 Å². The van der Waals surface area contributed by atoms with Crippen LogP contribution < -0.4 is 5.73 Å². The molecule has 1 aromatic rings. The predicted octanol–water partition coefficient (Wildman–Crippen LogP) is 0.342. The Balaban J connectivity index is 2.31. The normalized spacial score (nSPS) is 12.0. The van der Waals surface area contributed by atoms with Crippen molar-refractivity contribution >= 4 is 0 Å². The molecule has 5 nitrogen and oxygen atoms in total. The van der Waals surface area contributed by atoms with Crippen LogP contribution in [0.25, 0.3) is 0 Å². The Labute approximate surface area is 77.5 Å². The van der Waals surface area contributed by atoms with Crippen molar-refractivity contribution in [3.05, 3.63) is 11.6 Å². The first kappa shape index (κ1) is 10.9. The lowest BCUT2D eigenvalue weighted by molar-refractivity contribution is -0.177. The Morgan fingerprint density at radius 2 is 2.14 bits per heavy atom. The summed E-state index contributed by atoms with van der Waals surface area (Å²) in [6, 6.07) is 0. The summed E-state index contributed by atoms with van der Waals surface area (Å²) in [5.41, 5.74) is 5.20. The Hall–Kier alpha value is -1.15. The molecule has 1 heterocycles. The van der Waals surface area contributed by atoms with Crippen LogP contribution in [0.4, 0.5) is 13.2 Å². The number of nitrogens with one attached hydrogen (secondary N) is 1. The summed E-state index contributed by atoms with van der Waals surface area (Å²) >= 11 is 0. The van der Waals surface area contributed by atoms with Crippen LogP contribution in [-0.4, -0.2) is 28.0 Å². The van der Waals surface area contributed by atoms with E-state index >= 15 is 0 Å². The Morgan fingerprint density at radius 3 is 2.64 bits per heavy atom. The van der Waals surface area contributed by atoms with E-state index in [-0.39, 0.29) is 19.0 Å². The number of aromatic amines is 1. The lowest BCUT2D eigenvalue weighted by atomic mass is 10.6. The highest BCUT2D eigenvalue weighted by Gasteiger charge is 2.27. The van der Waals surface area contributed by atoms with Crippen LogP contribution in [0.2, 0.25) is 0 Å². The lowest BCUT2D eigenvalue weighted by Crippen LogP contribution is -2.17. The van der Waals surface area contributed by atoms with Crippen LogP contribution in [0.15, 0.2) is 0 Å². The highest BCUT2D eigenvalue weighted by molar-refractivity contribution is 4.87. The molecule has 0 aliphatic rings. The summed E-state index contributed by atoms with van der Waals surface area (Å²) in [7, 11) is 0. The molecule has 0 aromatic carbocycles. The van der Waals surface area contributed by atoms with Gasteiger partial charge in [-0.15, -0.1) is 0 Å². The second kappa shape index (κ2) is 4.38. The van der Waals surface area contributed by atoms with E-state index in [0.717, 1.165) is 0 Å². The third-order valence-electron chi connectivity index (χ3n) is 1.27. The van der Waals surface area contributed by atoms with Gasteiger partial charge in [0.1, 0.15) is 13.2 Å². The van der Waals surface area contributed by atoms with Crippen molar-refractivity contribution in [1.82, 2.24) is 15.2 Å². The van der Waals surface area contributed by atoms with Crippen molar-refractivity contribution in [2.45, 2.75) is 19.3 Å². The SMILES string of the molecule is NCc1n[nH]c(COCC(F)(F)F)n1. The zero-order chi connectivity index (χ0) is 10.6. The molecule has 1 rings (SSSR count).